The van der Waals surface area contributed by atoms with Gasteiger partial charge in [-0.15, -0.1) is 16.4 Å². The van der Waals surface area contributed by atoms with Crippen molar-refractivity contribution in [2.45, 2.75) is 25.8 Å². The SMILES string of the molecule is COc1ccc(C2Cn3nnc(C(=O)NCc4cccs4)c3CO2)cc1. The number of nitrogens with zero attached hydrogens (tertiary/aromatic N) is 3. The highest BCUT2D eigenvalue weighted by molar-refractivity contribution is 7.09. The van der Waals surface area contributed by atoms with Gasteiger partial charge in [-0.2, -0.15) is 0 Å². The number of hydrogen-bond donors (Lipinski definition) is 1. The molecule has 0 saturated carbocycles. The monoisotopic (exact) mass is 370 g/mol. The Morgan fingerprint density at radius 1 is 1.38 bits per heavy atom. The average Bonchev–Trinajstić information content (AvgIpc) is 3.35. The summed E-state index contributed by atoms with van der Waals surface area (Å²) in [7, 11) is 1.64. The molecule has 0 spiro atoms. The highest BCUT2D eigenvalue weighted by Gasteiger charge is 2.27. The van der Waals surface area contributed by atoms with Crippen LogP contribution in [-0.2, 0) is 24.4 Å². The summed E-state index contributed by atoms with van der Waals surface area (Å²) in [6, 6.07) is 11.7. The molecule has 1 N–H and O–H groups in total. The highest BCUT2D eigenvalue weighted by atomic mass is 32.1. The summed E-state index contributed by atoms with van der Waals surface area (Å²) in [5.74, 6) is 0.571. The van der Waals surface area contributed by atoms with E-state index in [9.17, 15) is 4.79 Å². The van der Waals surface area contributed by atoms with Crippen molar-refractivity contribution in [1.82, 2.24) is 20.3 Å². The molecular weight excluding hydrogens is 352 g/mol. The van der Waals surface area contributed by atoms with Crippen LogP contribution in [0.25, 0.3) is 0 Å². The number of nitrogens with one attached hydrogen (secondary N) is 1. The third-order valence-corrected chi connectivity index (χ3v) is 5.18. The predicted molar refractivity (Wildman–Crippen MR) is 96.0 cm³/mol. The highest BCUT2D eigenvalue weighted by Crippen LogP contribution is 2.28. The lowest BCUT2D eigenvalue weighted by Crippen LogP contribution is -2.27. The smallest absolute Gasteiger partial charge is 0.274 e. The lowest BCUT2D eigenvalue weighted by molar-refractivity contribution is -0.00179. The molecule has 3 heterocycles. The van der Waals surface area contributed by atoms with Gasteiger partial charge in [0.2, 0.25) is 0 Å². The molecule has 4 rings (SSSR count). The number of thiophene rings is 1. The second-order valence-corrected chi connectivity index (χ2v) is 6.93. The molecule has 7 nitrogen and oxygen atoms in total. The molecule has 1 aliphatic rings. The minimum absolute atomic E-state index is 0.128. The Morgan fingerprint density at radius 2 is 2.23 bits per heavy atom. The average molecular weight is 370 g/mol. The second kappa shape index (κ2) is 7.27. The van der Waals surface area contributed by atoms with Crippen LogP contribution >= 0.6 is 11.3 Å². The van der Waals surface area contributed by atoms with Gasteiger partial charge in [-0.05, 0) is 29.1 Å². The lowest BCUT2D eigenvalue weighted by atomic mass is 10.1. The van der Waals surface area contributed by atoms with E-state index in [4.69, 9.17) is 9.47 Å². The molecule has 2 aromatic heterocycles. The van der Waals surface area contributed by atoms with Crippen molar-refractivity contribution in [2.24, 2.45) is 0 Å². The third kappa shape index (κ3) is 3.33. The van der Waals surface area contributed by atoms with Crippen LogP contribution in [0.3, 0.4) is 0 Å². The van der Waals surface area contributed by atoms with Gasteiger partial charge in [-0.25, -0.2) is 4.68 Å². The number of amides is 1. The second-order valence-electron chi connectivity index (χ2n) is 5.90. The number of hydrogen-bond acceptors (Lipinski definition) is 6. The topological polar surface area (TPSA) is 78.3 Å². The first-order valence-electron chi connectivity index (χ1n) is 8.23. The van der Waals surface area contributed by atoms with E-state index in [-0.39, 0.29) is 12.0 Å². The first-order chi connectivity index (χ1) is 12.7. The van der Waals surface area contributed by atoms with E-state index in [0.29, 0.717) is 31.1 Å². The number of carbonyl (C=O) groups excluding carboxylic acids is 1. The quantitative estimate of drug-likeness (QED) is 0.747. The van der Waals surface area contributed by atoms with Gasteiger partial charge >= 0.3 is 0 Å². The maximum atomic E-state index is 12.4. The Morgan fingerprint density at radius 3 is 2.96 bits per heavy atom. The van der Waals surface area contributed by atoms with Crippen molar-refractivity contribution in [3.05, 3.63) is 63.6 Å². The summed E-state index contributed by atoms with van der Waals surface area (Å²) in [5, 5.41) is 13.1. The fourth-order valence-electron chi connectivity index (χ4n) is 2.87. The molecule has 1 unspecified atom stereocenters. The fourth-order valence-corrected chi connectivity index (χ4v) is 3.52. The maximum absolute atomic E-state index is 12.4. The molecule has 1 amide bonds. The van der Waals surface area contributed by atoms with Gasteiger partial charge in [0.15, 0.2) is 5.69 Å². The summed E-state index contributed by atoms with van der Waals surface area (Å²) in [5.41, 5.74) is 2.07. The molecule has 0 fully saturated rings. The van der Waals surface area contributed by atoms with Crippen LogP contribution in [0.5, 0.6) is 5.75 Å². The number of fused-ring (bicyclic) bond motifs is 1. The fraction of sp³-hybridized carbons (Fsp3) is 0.278. The number of rotatable bonds is 5. The maximum Gasteiger partial charge on any atom is 0.274 e. The van der Waals surface area contributed by atoms with E-state index in [1.807, 2.05) is 41.8 Å². The van der Waals surface area contributed by atoms with E-state index in [1.54, 1.807) is 23.1 Å². The Kier molecular flexibility index (Phi) is 4.68. The molecule has 0 radical (unpaired) electrons. The zero-order valence-corrected chi connectivity index (χ0v) is 15.0. The van der Waals surface area contributed by atoms with Gasteiger partial charge in [0, 0.05) is 4.88 Å². The number of ether oxygens (including phenoxy) is 2. The standard InChI is InChI=1S/C18H18N4O3S/c1-24-13-6-4-12(5-7-13)16-10-22-15(11-25-16)17(20-21-22)18(23)19-9-14-3-2-8-26-14/h2-8,16H,9-11H2,1H3,(H,19,23). The van der Waals surface area contributed by atoms with Crippen LogP contribution in [0.4, 0.5) is 0 Å². The first-order valence-corrected chi connectivity index (χ1v) is 9.11. The van der Waals surface area contributed by atoms with E-state index in [2.05, 4.69) is 15.6 Å². The molecule has 1 aliphatic heterocycles. The molecule has 3 aromatic rings. The van der Waals surface area contributed by atoms with Crippen LogP contribution in [0.15, 0.2) is 41.8 Å². The zero-order chi connectivity index (χ0) is 17.9. The largest absolute Gasteiger partial charge is 0.497 e. The summed E-state index contributed by atoms with van der Waals surface area (Å²) in [4.78, 5) is 13.5. The van der Waals surface area contributed by atoms with Crippen LogP contribution in [0.1, 0.15) is 32.7 Å². The van der Waals surface area contributed by atoms with Crippen molar-refractivity contribution in [1.29, 1.82) is 0 Å². The summed E-state index contributed by atoms with van der Waals surface area (Å²) in [6.07, 6.45) is -0.128. The van der Waals surface area contributed by atoms with Crippen molar-refractivity contribution in [2.75, 3.05) is 7.11 Å². The summed E-state index contributed by atoms with van der Waals surface area (Å²) in [6.45, 7) is 1.30. The molecule has 1 atom stereocenters. The van der Waals surface area contributed by atoms with Gasteiger partial charge in [-0.1, -0.05) is 23.4 Å². The van der Waals surface area contributed by atoms with Gasteiger partial charge < -0.3 is 14.8 Å². The van der Waals surface area contributed by atoms with Crippen molar-refractivity contribution in [3.63, 3.8) is 0 Å². The minimum Gasteiger partial charge on any atom is -0.497 e. The van der Waals surface area contributed by atoms with Crippen molar-refractivity contribution in [3.8, 4) is 5.75 Å². The summed E-state index contributed by atoms with van der Waals surface area (Å²) < 4.78 is 12.9. The number of aromatic nitrogens is 3. The number of benzene rings is 1. The van der Waals surface area contributed by atoms with Gasteiger partial charge in [-0.3, -0.25) is 4.79 Å². The number of carbonyl (C=O) groups is 1. The Bertz CT molecular complexity index is 890. The molecule has 8 heteroatoms. The molecule has 134 valence electrons. The van der Waals surface area contributed by atoms with E-state index < -0.39 is 0 Å². The van der Waals surface area contributed by atoms with Gasteiger partial charge in [0.05, 0.1) is 32.5 Å². The molecule has 26 heavy (non-hydrogen) atoms. The van der Waals surface area contributed by atoms with Gasteiger partial charge in [0.25, 0.3) is 5.91 Å². The van der Waals surface area contributed by atoms with Crippen LogP contribution < -0.4 is 10.1 Å². The van der Waals surface area contributed by atoms with Gasteiger partial charge in [0.1, 0.15) is 11.9 Å². The van der Waals surface area contributed by atoms with E-state index >= 15 is 0 Å². The van der Waals surface area contributed by atoms with Crippen molar-refractivity contribution < 1.29 is 14.3 Å². The molecule has 0 bridgehead atoms. The molecule has 1 aromatic carbocycles. The van der Waals surface area contributed by atoms with Crippen LogP contribution in [-0.4, -0.2) is 28.0 Å². The Hall–Kier alpha value is -2.71. The zero-order valence-electron chi connectivity index (χ0n) is 14.2. The van der Waals surface area contributed by atoms with Crippen LogP contribution in [0, 0.1) is 0 Å². The number of methoxy groups -OCH3 is 1. The lowest BCUT2D eigenvalue weighted by Gasteiger charge is -2.24. The van der Waals surface area contributed by atoms with E-state index in [0.717, 1.165) is 16.2 Å². The molecule has 0 saturated heterocycles. The minimum atomic E-state index is -0.230. The normalized spacial score (nSPS) is 16.1. The van der Waals surface area contributed by atoms with E-state index in [1.165, 1.54) is 0 Å². The van der Waals surface area contributed by atoms with Crippen molar-refractivity contribution >= 4 is 17.2 Å². The Balaban J connectivity index is 1.45. The third-order valence-electron chi connectivity index (χ3n) is 4.30. The first kappa shape index (κ1) is 16.7. The molecule has 0 aliphatic carbocycles. The molecular formula is C18H18N4O3S. The van der Waals surface area contributed by atoms with Crippen LogP contribution in [0.2, 0.25) is 0 Å². The summed E-state index contributed by atoms with van der Waals surface area (Å²) >= 11 is 1.60. The predicted octanol–water partition coefficient (Wildman–Crippen LogP) is 2.55. The Labute approximate surface area is 154 Å².